The van der Waals surface area contributed by atoms with Crippen molar-refractivity contribution < 1.29 is 28.7 Å². The minimum atomic E-state index is -0.797. The monoisotopic (exact) mass is 660 g/mol. The second-order valence-electron chi connectivity index (χ2n) is 10.6. The zero-order valence-corrected chi connectivity index (χ0v) is 25.7. The zero-order chi connectivity index (χ0) is 31.0. The van der Waals surface area contributed by atoms with Gasteiger partial charge in [-0.3, -0.25) is 19.2 Å². The van der Waals surface area contributed by atoms with Crippen molar-refractivity contribution in [3.63, 3.8) is 0 Å². The number of rotatable bonds is 7. The SMILES string of the molecule is C[C@@H]1CC[C@H]2C(=O)N(N(CC(=O)c3ccc(OC(=O)c4ccc(Cl)cc4Cl)cc3)C(=O)c3ccc(Cl)cc3Cl)C(=O)[C@@H]2C1. The highest BCUT2D eigenvalue weighted by Crippen LogP contribution is 2.41. The summed E-state index contributed by atoms with van der Waals surface area (Å²) in [5.41, 5.74) is 0.233. The van der Waals surface area contributed by atoms with Crippen LogP contribution in [0, 0.1) is 17.8 Å². The summed E-state index contributed by atoms with van der Waals surface area (Å²) in [4.78, 5) is 66.8. The summed E-state index contributed by atoms with van der Waals surface area (Å²) in [6.07, 6.45) is 1.82. The van der Waals surface area contributed by atoms with E-state index in [-0.39, 0.29) is 43.4 Å². The van der Waals surface area contributed by atoms with Crippen molar-refractivity contribution in [3.8, 4) is 5.75 Å². The van der Waals surface area contributed by atoms with Crippen molar-refractivity contribution in [2.24, 2.45) is 17.8 Å². The molecule has 1 heterocycles. The molecular formula is C31H24Cl4N2O6. The first-order chi connectivity index (χ1) is 20.4. The number of amides is 3. The molecule has 8 nitrogen and oxygen atoms in total. The molecule has 12 heteroatoms. The normalized spacial score (nSPS) is 19.7. The van der Waals surface area contributed by atoms with Crippen molar-refractivity contribution in [3.05, 3.63) is 97.4 Å². The van der Waals surface area contributed by atoms with E-state index < -0.39 is 47.9 Å². The molecule has 1 saturated carbocycles. The van der Waals surface area contributed by atoms with E-state index in [1.807, 2.05) is 6.92 Å². The molecular weight excluding hydrogens is 638 g/mol. The first-order valence-corrected chi connectivity index (χ1v) is 14.9. The zero-order valence-electron chi connectivity index (χ0n) is 22.7. The van der Waals surface area contributed by atoms with E-state index in [4.69, 9.17) is 51.1 Å². The van der Waals surface area contributed by atoms with E-state index in [0.29, 0.717) is 17.9 Å². The van der Waals surface area contributed by atoms with Crippen LogP contribution >= 0.6 is 46.4 Å². The summed E-state index contributed by atoms with van der Waals surface area (Å²) in [5.74, 6) is -3.86. The van der Waals surface area contributed by atoms with Crippen LogP contribution in [-0.4, -0.2) is 46.0 Å². The van der Waals surface area contributed by atoms with Gasteiger partial charge in [-0.05, 0) is 85.8 Å². The molecule has 3 amide bonds. The van der Waals surface area contributed by atoms with Gasteiger partial charge in [-0.25, -0.2) is 9.80 Å². The summed E-state index contributed by atoms with van der Waals surface area (Å²) in [5, 5.41) is 2.45. The van der Waals surface area contributed by atoms with Crippen molar-refractivity contribution >= 4 is 75.9 Å². The second-order valence-corrected chi connectivity index (χ2v) is 12.3. The Morgan fingerprint density at radius 1 is 0.814 bits per heavy atom. The van der Waals surface area contributed by atoms with E-state index in [0.717, 1.165) is 16.4 Å². The number of halogens is 4. The Morgan fingerprint density at radius 2 is 1.40 bits per heavy atom. The van der Waals surface area contributed by atoms with Crippen LogP contribution in [0.3, 0.4) is 0 Å². The number of carbonyl (C=O) groups is 5. The number of hydrazine groups is 1. The molecule has 0 radical (unpaired) electrons. The van der Waals surface area contributed by atoms with Crippen LogP contribution in [0.1, 0.15) is 57.3 Å². The molecule has 5 rings (SSSR count). The van der Waals surface area contributed by atoms with Crippen LogP contribution < -0.4 is 4.74 Å². The van der Waals surface area contributed by atoms with Crippen LogP contribution in [0.4, 0.5) is 0 Å². The van der Waals surface area contributed by atoms with Gasteiger partial charge < -0.3 is 4.74 Å². The van der Waals surface area contributed by atoms with Gasteiger partial charge in [0.1, 0.15) is 12.3 Å². The highest BCUT2D eigenvalue weighted by atomic mass is 35.5. The molecule has 0 spiro atoms. The highest BCUT2D eigenvalue weighted by Gasteiger charge is 2.53. The average Bonchev–Trinajstić information content (AvgIpc) is 3.20. The predicted octanol–water partition coefficient (Wildman–Crippen LogP) is 7.18. The molecule has 1 aliphatic heterocycles. The first kappa shape index (κ1) is 31.0. The van der Waals surface area contributed by atoms with Crippen LogP contribution in [0.15, 0.2) is 60.7 Å². The molecule has 2 fully saturated rings. The van der Waals surface area contributed by atoms with Gasteiger partial charge in [0.15, 0.2) is 5.78 Å². The Morgan fingerprint density at radius 3 is 2.00 bits per heavy atom. The van der Waals surface area contributed by atoms with Gasteiger partial charge in [0.2, 0.25) is 0 Å². The average molecular weight is 662 g/mol. The Balaban J connectivity index is 1.39. The number of imide groups is 1. The van der Waals surface area contributed by atoms with Crippen molar-refractivity contribution in [1.82, 2.24) is 10.0 Å². The van der Waals surface area contributed by atoms with Gasteiger partial charge in [-0.15, -0.1) is 0 Å². The van der Waals surface area contributed by atoms with Crippen LogP contribution in [0.2, 0.25) is 20.1 Å². The number of nitrogens with zero attached hydrogens (tertiary/aromatic N) is 2. The smallest absolute Gasteiger partial charge is 0.345 e. The number of ether oxygens (including phenoxy) is 1. The van der Waals surface area contributed by atoms with Gasteiger partial charge in [0, 0.05) is 15.6 Å². The third-order valence-corrected chi connectivity index (χ3v) is 8.73. The summed E-state index contributed by atoms with van der Waals surface area (Å²) in [7, 11) is 0. The molecule has 43 heavy (non-hydrogen) atoms. The number of hydrogen-bond donors (Lipinski definition) is 0. The number of hydrogen-bond acceptors (Lipinski definition) is 6. The fourth-order valence-electron chi connectivity index (χ4n) is 5.40. The van der Waals surface area contributed by atoms with Crippen LogP contribution in [0.25, 0.3) is 0 Å². The van der Waals surface area contributed by atoms with Crippen molar-refractivity contribution in [2.75, 3.05) is 6.54 Å². The molecule has 3 aromatic carbocycles. The van der Waals surface area contributed by atoms with Crippen molar-refractivity contribution in [2.45, 2.75) is 26.2 Å². The summed E-state index contributed by atoms with van der Waals surface area (Å²) in [6, 6.07) is 14.2. The molecule has 0 bridgehead atoms. The molecule has 3 aromatic rings. The topological polar surface area (TPSA) is 101 Å². The Labute approximate surface area is 267 Å². The summed E-state index contributed by atoms with van der Waals surface area (Å²) in [6.45, 7) is 1.39. The number of Topliss-reactive ketones (excluding diaryl/α,β-unsaturated/α-hetero) is 1. The molecule has 3 atom stereocenters. The lowest BCUT2D eigenvalue weighted by Gasteiger charge is -2.30. The fraction of sp³-hybridized carbons (Fsp3) is 0.258. The largest absolute Gasteiger partial charge is 0.423 e. The number of benzene rings is 3. The maximum atomic E-state index is 13.8. The van der Waals surface area contributed by atoms with E-state index >= 15 is 0 Å². The molecule has 222 valence electrons. The Kier molecular flexibility index (Phi) is 9.13. The van der Waals surface area contributed by atoms with E-state index in [1.165, 1.54) is 60.7 Å². The molecule has 0 aromatic heterocycles. The van der Waals surface area contributed by atoms with Crippen LogP contribution in [0.5, 0.6) is 5.75 Å². The third kappa shape index (κ3) is 6.43. The first-order valence-electron chi connectivity index (χ1n) is 13.4. The number of fused-ring (bicyclic) bond motifs is 1. The highest BCUT2D eigenvalue weighted by molar-refractivity contribution is 6.37. The Hall–Kier alpha value is -3.43. The van der Waals surface area contributed by atoms with Gasteiger partial charge >= 0.3 is 5.97 Å². The van der Waals surface area contributed by atoms with Gasteiger partial charge in [0.05, 0.1) is 33.0 Å². The minimum absolute atomic E-state index is 0.00652. The Bertz CT molecular complexity index is 1640. The molecule has 0 N–H and O–H groups in total. The van der Waals surface area contributed by atoms with Gasteiger partial charge in [-0.1, -0.05) is 53.3 Å². The number of esters is 1. The van der Waals surface area contributed by atoms with Crippen molar-refractivity contribution in [1.29, 1.82) is 0 Å². The lowest BCUT2D eigenvalue weighted by molar-refractivity contribution is -0.154. The maximum absolute atomic E-state index is 13.8. The van der Waals surface area contributed by atoms with E-state index in [9.17, 15) is 24.0 Å². The number of carbonyl (C=O) groups excluding carboxylic acids is 5. The standard InChI is InChI=1S/C31H24Cl4N2O6/c1-16-2-9-21-24(12-16)30(41)37(29(21)40)36(28(39)22-10-5-18(32)13-25(22)34)15-27(38)17-3-7-20(8-4-17)43-31(42)23-11-6-19(33)14-26(23)35/h3-8,10-11,13-14,16,21,24H,2,9,12,15H2,1H3/t16-,21-,24-/m1/s1. The molecule has 0 unspecified atom stereocenters. The van der Waals surface area contributed by atoms with E-state index in [1.54, 1.807) is 0 Å². The van der Waals surface area contributed by atoms with E-state index in [2.05, 4.69) is 0 Å². The molecule has 1 aliphatic carbocycles. The van der Waals surface area contributed by atoms with Gasteiger partial charge in [-0.2, -0.15) is 5.01 Å². The van der Waals surface area contributed by atoms with Crippen LogP contribution in [-0.2, 0) is 9.59 Å². The molecule has 2 aliphatic rings. The quantitative estimate of drug-likeness (QED) is 0.115. The fourth-order valence-corrected chi connectivity index (χ4v) is 6.37. The molecule has 1 saturated heterocycles. The summed E-state index contributed by atoms with van der Waals surface area (Å²) < 4.78 is 5.36. The summed E-state index contributed by atoms with van der Waals surface area (Å²) >= 11 is 24.3. The van der Waals surface area contributed by atoms with Gasteiger partial charge in [0.25, 0.3) is 17.7 Å². The third-order valence-electron chi connectivity index (χ3n) is 7.63. The minimum Gasteiger partial charge on any atom is -0.423 e. The lowest BCUT2D eigenvalue weighted by Crippen LogP contribution is -2.52. The maximum Gasteiger partial charge on any atom is 0.345 e. The lowest BCUT2D eigenvalue weighted by atomic mass is 9.76. The second kappa shape index (κ2) is 12.7. The predicted molar refractivity (Wildman–Crippen MR) is 162 cm³/mol. The number of ketones is 1.